The fraction of sp³-hybridized carbons (Fsp3) is 0.431. The van der Waals surface area contributed by atoms with Crippen molar-refractivity contribution >= 4 is 27.9 Å². The van der Waals surface area contributed by atoms with Crippen LogP contribution in [0.4, 0.5) is 0 Å². The van der Waals surface area contributed by atoms with Gasteiger partial charge in [0, 0.05) is 92.5 Å². The van der Waals surface area contributed by atoms with Crippen LogP contribution in [0, 0.1) is 27.7 Å². The van der Waals surface area contributed by atoms with Crippen molar-refractivity contribution in [2.24, 2.45) is 0 Å². The van der Waals surface area contributed by atoms with Crippen LogP contribution in [0.15, 0.2) is 252 Å². The number of ether oxygens (including phenoxy) is 1. The molecule has 20 rings (SSSR count). The van der Waals surface area contributed by atoms with Gasteiger partial charge in [-0.2, -0.15) is 0 Å². The highest BCUT2D eigenvalue weighted by atomic mass is 16.5. The maximum absolute atomic E-state index is 5.53. The first kappa shape index (κ1) is 92.8. The Labute approximate surface area is 778 Å². The Morgan fingerprint density at radius 1 is 0.271 bits per heavy atom. The number of hydrogen-bond acceptors (Lipinski definition) is 6. The van der Waals surface area contributed by atoms with Crippen LogP contribution in [-0.4, -0.2) is 132 Å². The molecule has 6 heteroatoms. The highest BCUT2D eigenvalue weighted by molar-refractivity contribution is 5.89. The van der Waals surface area contributed by atoms with E-state index in [1.165, 1.54) is 239 Å². The number of benzene rings is 10. The molecular weight excluding hydrogens is 1560 g/mol. The van der Waals surface area contributed by atoms with E-state index in [1.54, 1.807) is 62.8 Å². The number of allylic oxidation sites excluding steroid dienone is 5. The summed E-state index contributed by atoms with van der Waals surface area (Å²) in [6.07, 6.45) is 19.8. The van der Waals surface area contributed by atoms with Gasteiger partial charge < -0.3 is 29.2 Å². The molecule has 0 saturated carbocycles. The summed E-state index contributed by atoms with van der Waals surface area (Å²) in [5.41, 5.74) is 49.2. The standard InChI is InChI=1S/C27H35N.C25H31N.C24H29NO.C24H29N.C23H27N/c1-19-7-8-21-18-27(5,23-11-9-22(10-12-23)26(2,3)4)25(24(21)17-19)20-13-15-28(6)16-14-20;1-5-19-7-10-22(11-8-19)25(3)17-21-9-6-18(2)16-23(21)24(25)20-12-14-26(4)15-13-20;1-17-8-9-19-16-24(2,20-6-5-7-21(15-20)26-4)23(22(19)14-17)18-10-12-25(3)13-11-18;1-4-18-9-11-21(12-10-18)24(2)17-20-7-5-6-8-22(20)23(24)19-13-15-25(3)16-14-19;1-17-7-6-9-20(15-17)23(2)16-19-8-4-5-10-21(19)22(23)18-11-13-24(3)14-12-18/h7-12,17H,13-16,18H2,1-6H3;6-11,16H,5,12-15,17H2,1-4H3;5-9,14-15H,10-13,16H2,1-4H3;5-12H,4,13-17H2,1-3H3;4-10,15H,11-14,16H2,1-3H3. The SMILES string of the molecule is CCc1ccc(C2(C)Cc3ccc(C)cc3C2=C2CCN(C)CC2)cc1.CCc1ccc(C2(C)Cc3ccccc3C2=C2CCN(C)CC2)cc1.COc1cccc(C2(C)Cc3ccc(C)cc3C2=C2CCN(C)CC2)c1.Cc1ccc2c(c1)C(=C1CCN(C)CC1)C(C)(c1ccc(C(C)(C)C)cc1)C2.Cc1cccc(C2(C)Cc3ccccc3C2=C2CCN(C)CC2)c1. The molecule has 5 atom stereocenters. The van der Waals surface area contributed by atoms with Crippen molar-refractivity contribution in [3.05, 3.63) is 375 Å². The van der Waals surface area contributed by atoms with Gasteiger partial charge >= 0.3 is 0 Å². The number of nitrogens with zero attached hydrogens (tertiary/aromatic N) is 5. The predicted molar refractivity (Wildman–Crippen MR) is 551 cm³/mol. The number of methoxy groups -OCH3 is 1. The van der Waals surface area contributed by atoms with E-state index in [1.807, 2.05) is 6.07 Å². The molecule has 0 spiro atoms. The van der Waals surface area contributed by atoms with Crippen LogP contribution in [-0.2, 0) is 77.4 Å². The highest BCUT2D eigenvalue weighted by Gasteiger charge is 2.47. The second kappa shape index (κ2) is 38.7. The smallest absolute Gasteiger partial charge is 0.119 e. The summed E-state index contributed by atoms with van der Waals surface area (Å²) in [6, 6.07) is 85.4. The monoisotopic (exact) mass is 1710 g/mol. The van der Waals surface area contributed by atoms with Gasteiger partial charge in [0.25, 0.3) is 0 Å². The van der Waals surface area contributed by atoms with Gasteiger partial charge in [0.1, 0.15) is 5.75 Å². The number of hydrogen-bond donors (Lipinski definition) is 0. The molecule has 10 aromatic rings. The Morgan fingerprint density at radius 3 is 0.829 bits per heavy atom. The van der Waals surface area contributed by atoms with Crippen molar-refractivity contribution in [3.63, 3.8) is 0 Å². The zero-order valence-corrected chi connectivity index (χ0v) is 82.6. The van der Waals surface area contributed by atoms with Crippen molar-refractivity contribution in [3.8, 4) is 5.75 Å². The van der Waals surface area contributed by atoms with E-state index >= 15 is 0 Å². The minimum Gasteiger partial charge on any atom is -0.497 e. The molecule has 5 saturated heterocycles. The van der Waals surface area contributed by atoms with E-state index < -0.39 is 0 Å². The second-order valence-electron chi connectivity index (χ2n) is 42.8. The molecule has 129 heavy (non-hydrogen) atoms. The van der Waals surface area contributed by atoms with Crippen LogP contribution in [0.25, 0.3) is 27.9 Å². The molecule has 5 unspecified atom stereocenters. The first-order valence-electron chi connectivity index (χ1n) is 49.4. The molecule has 674 valence electrons. The summed E-state index contributed by atoms with van der Waals surface area (Å²) >= 11 is 0. The molecule has 0 aromatic heterocycles. The fourth-order valence-corrected chi connectivity index (χ4v) is 24.2. The molecule has 0 bridgehead atoms. The molecule has 10 aliphatic rings. The van der Waals surface area contributed by atoms with Crippen LogP contribution in [0.5, 0.6) is 5.75 Å². The van der Waals surface area contributed by atoms with Gasteiger partial charge in [-0.1, -0.05) is 332 Å². The lowest BCUT2D eigenvalue weighted by atomic mass is 9.72. The van der Waals surface area contributed by atoms with Gasteiger partial charge in [-0.05, 0) is 318 Å². The Hall–Kier alpha value is -9.50. The topological polar surface area (TPSA) is 25.4 Å². The third-order valence-electron chi connectivity index (χ3n) is 32.1. The lowest BCUT2D eigenvalue weighted by molar-refractivity contribution is 0.312. The Kier molecular flexibility index (Phi) is 27.9. The van der Waals surface area contributed by atoms with Gasteiger partial charge in [-0.25, -0.2) is 0 Å². The summed E-state index contributed by atoms with van der Waals surface area (Å²) in [7, 11) is 13.0. The predicted octanol–water partition coefficient (Wildman–Crippen LogP) is 27.1. The van der Waals surface area contributed by atoms with Gasteiger partial charge in [-0.15, -0.1) is 0 Å². The van der Waals surface area contributed by atoms with E-state index in [0.29, 0.717) is 0 Å². The Balaban J connectivity index is 0.000000118. The van der Waals surface area contributed by atoms with E-state index in [4.69, 9.17) is 4.74 Å². The number of aryl methyl sites for hydroxylation is 6. The lowest BCUT2D eigenvalue weighted by Gasteiger charge is -2.33. The van der Waals surface area contributed by atoms with Crippen LogP contribution in [0.1, 0.15) is 256 Å². The van der Waals surface area contributed by atoms with Gasteiger partial charge in [0.2, 0.25) is 0 Å². The average Bonchev–Trinajstić information content (AvgIpc) is 1.60. The zero-order valence-electron chi connectivity index (χ0n) is 82.6. The Morgan fingerprint density at radius 2 is 0.535 bits per heavy atom. The summed E-state index contributed by atoms with van der Waals surface area (Å²) in [6.45, 7) is 44.3. The first-order chi connectivity index (χ1) is 61.9. The summed E-state index contributed by atoms with van der Waals surface area (Å²) in [5, 5.41) is 0. The van der Waals surface area contributed by atoms with Crippen LogP contribution in [0.3, 0.4) is 0 Å². The van der Waals surface area contributed by atoms with Crippen molar-refractivity contribution in [2.45, 2.75) is 239 Å². The maximum Gasteiger partial charge on any atom is 0.119 e. The molecule has 10 aromatic carbocycles. The van der Waals surface area contributed by atoms with E-state index in [9.17, 15) is 0 Å². The normalized spacial score (nSPS) is 23.6. The Bertz CT molecular complexity index is 5850. The summed E-state index contributed by atoms with van der Waals surface area (Å²) in [5.74, 6) is 0.948. The van der Waals surface area contributed by atoms with Crippen LogP contribution >= 0.6 is 0 Å². The largest absolute Gasteiger partial charge is 0.497 e. The number of fused-ring (bicyclic) bond motifs is 5. The molecule has 0 radical (unpaired) electrons. The minimum atomic E-state index is 0.0237. The zero-order chi connectivity index (χ0) is 90.9. The third kappa shape index (κ3) is 19.3. The third-order valence-corrected chi connectivity index (χ3v) is 32.1. The van der Waals surface area contributed by atoms with E-state index in [2.05, 4.69) is 375 Å². The van der Waals surface area contributed by atoms with E-state index in [-0.39, 0.29) is 32.5 Å². The lowest BCUT2D eigenvalue weighted by Crippen LogP contribution is -2.29. The molecule has 5 fully saturated rings. The average molecular weight is 1720 g/mol. The molecule has 6 nitrogen and oxygen atoms in total. The molecule has 5 heterocycles. The minimum absolute atomic E-state index is 0.0237. The quantitative estimate of drug-likeness (QED) is 0.150. The van der Waals surface area contributed by atoms with Crippen molar-refractivity contribution < 1.29 is 4.74 Å². The number of likely N-dealkylation sites (tertiary alicyclic amines) is 5. The summed E-state index contributed by atoms with van der Waals surface area (Å²) < 4.78 is 5.53. The van der Waals surface area contributed by atoms with Crippen LogP contribution in [0.2, 0.25) is 0 Å². The molecule has 5 aliphatic carbocycles. The fourth-order valence-electron chi connectivity index (χ4n) is 24.2. The van der Waals surface area contributed by atoms with Crippen molar-refractivity contribution in [1.29, 1.82) is 0 Å². The van der Waals surface area contributed by atoms with Crippen molar-refractivity contribution in [2.75, 3.05) is 108 Å². The number of piperidine rings is 5. The maximum atomic E-state index is 5.53. The molecular formula is C123H151N5O. The molecule has 0 N–H and O–H groups in total. The van der Waals surface area contributed by atoms with Gasteiger partial charge in [-0.3, -0.25) is 0 Å². The van der Waals surface area contributed by atoms with Gasteiger partial charge in [0.15, 0.2) is 0 Å². The first-order valence-corrected chi connectivity index (χ1v) is 49.4. The molecule has 0 amide bonds. The highest BCUT2D eigenvalue weighted by Crippen LogP contribution is 2.58. The van der Waals surface area contributed by atoms with Crippen molar-refractivity contribution in [1.82, 2.24) is 24.5 Å². The molecule has 5 aliphatic heterocycles. The van der Waals surface area contributed by atoms with Gasteiger partial charge in [0.05, 0.1) is 7.11 Å². The van der Waals surface area contributed by atoms with Crippen LogP contribution < -0.4 is 4.74 Å². The number of rotatable bonds is 8. The van der Waals surface area contributed by atoms with E-state index in [0.717, 1.165) is 63.8 Å². The summed E-state index contributed by atoms with van der Waals surface area (Å²) in [4.78, 5) is 12.3. The second-order valence-corrected chi connectivity index (χ2v) is 42.8.